The summed E-state index contributed by atoms with van der Waals surface area (Å²) in [5.41, 5.74) is 0.00526. The fraction of sp³-hybridized carbons (Fsp3) is 0.581. The molecule has 0 bridgehead atoms. The molecular weight excluding hydrogens is 704 g/mol. The average molecular weight is 747 g/mol. The van der Waals surface area contributed by atoms with Crippen LogP contribution in [0.25, 0.3) is 0 Å². The van der Waals surface area contributed by atoms with Crippen molar-refractivity contribution in [3.05, 3.63) is 46.0 Å². The van der Waals surface area contributed by atoms with E-state index in [1.807, 2.05) is 72.7 Å². The van der Waals surface area contributed by atoms with Gasteiger partial charge >= 0.3 is 29.9 Å². The number of likely N-dealkylation sites (N-methyl/N-ethyl adjacent to an activating group) is 2. The summed E-state index contributed by atoms with van der Waals surface area (Å²) in [4.78, 5) is 59.5. The van der Waals surface area contributed by atoms with E-state index in [2.05, 4.69) is 26.6 Å². The summed E-state index contributed by atoms with van der Waals surface area (Å²) in [5.74, 6) is -8.41. The van der Waals surface area contributed by atoms with Crippen LogP contribution in [0.4, 0.5) is 26.3 Å². The normalized spacial score (nSPS) is 14.7. The molecule has 0 aliphatic heterocycles. The number of ketones is 2. The van der Waals surface area contributed by atoms with E-state index in [0.29, 0.717) is 0 Å². The number of rotatable bonds is 11. The number of benzene rings is 1. The van der Waals surface area contributed by atoms with Crippen molar-refractivity contribution < 1.29 is 55.4 Å². The molecule has 0 saturated carbocycles. The van der Waals surface area contributed by atoms with Gasteiger partial charge < -0.3 is 20.6 Å². The quantitative estimate of drug-likeness (QED) is 0.153. The largest absolute Gasteiger partial charge is 0.478 e. The molecule has 0 aliphatic rings. The van der Waals surface area contributed by atoms with E-state index in [1.54, 1.807) is 25.1 Å². The molecule has 0 unspecified atom stereocenters. The van der Waals surface area contributed by atoms with Crippen LogP contribution >= 0.6 is 15.9 Å². The van der Waals surface area contributed by atoms with Crippen LogP contribution in [0.3, 0.4) is 0 Å². The van der Waals surface area contributed by atoms with Crippen LogP contribution < -0.4 is 10.6 Å². The lowest BCUT2D eigenvalue weighted by atomic mass is 9.76. The second-order valence-electron chi connectivity index (χ2n) is 12.8. The first-order valence-electron chi connectivity index (χ1n) is 14.2. The van der Waals surface area contributed by atoms with Crippen molar-refractivity contribution in [3.63, 3.8) is 0 Å². The Labute approximate surface area is 278 Å². The molecule has 0 aromatic heterocycles. The smallest absolute Gasteiger partial charge is 0.458 e. The van der Waals surface area contributed by atoms with Gasteiger partial charge in [-0.1, -0.05) is 82.6 Å². The highest BCUT2D eigenvalue weighted by Gasteiger charge is 2.54. The highest BCUT2D eigenvalue weighted by molar-refractivity contribution is 9.10. The van der Waals surface area contributed by atoms with Crippen LogP contribution in [0.1, 0.15) is 61.0 Å². The maximum Gasteiger partial charge on any atom is 0.458 e. The third-order valence-corrected chi connectivity index (χ3v) is 7.69. The standard InChI is InChI=1S/C27H42BrN3O4.C4F6O2/c1-16(2)20(14-17(3)25(34)35)31(10)24(33)22(26(4,5)6)30-23(32)21(29-9)27(7,8)18-12-11-13-19(28)15-18;5-3(6,7)1(11)2(12)4(8,9)10/h11-16,20-22,29H,1-10H3,(H,30,32)(H,34,35);/b17-14+;/t20-,21-,22-;/m1./s1. The molecule has 266 valence electrons. The van der Waals surface area contributed by atoms with Gasteiger partial charge in [0.2, 0.25) is 11.8 Å². The fourth-order valence-corrected chi connectivity index (χ4v) is 4.84. The molecule has 0 radical (unpaired) electrons. The maximum absolute atomic E-state index is 13.7. The van der Waals surface area contributed by atoms with Crippen molar-refractivity contribution in [3.8, 4) is 0 Å². The van der Waals surface area contributed by atoms with Gasteiger partial charge in [-0.25, -0.2) is 4.79 Å². The second kappa shape index (κ2) is 16.7. The van der Waals surface area contributed by atoms with Crippen LogP contribution in [0, 0.1) is 11.3 Å². The molecule has 0 fully saturated rings. The predicted molar refractivity (Wildman–Crippen MR) is 166 cm³/mol. The van der Waals surface area contributed by atoms with E-state index in [1.165, 1.54) is 6.92 Å². The number of alkyl halides is 6. The molecule has 3 N–H and O–H groups in total. The minimum atomic E-state index is -5.77. The van der Waals surface area contributed by atoms with Crippen LogP contribution in [-0.4, -0.2) is 83.9 Å². The van der Waals surface area contributed by atoms with Crippen molar-refractivity contribution in [1.29, 1.82) is 0 Å². The molecule has 3 atom stereocenters. The van der Waals surface area contributed by atoms with E-state index < -0.39 is 58.8 Å². The molecule has 1 aromatic carbocycles. The van der Waals surface area contributed by atoms with Gasteiger partial charge in [-0.15, -0.1) is 0 Å². The van der Waals surface area contributed by atoms with Crippen molar-refractivity contribution >= 4 is 45.3 Å². The van der Waals surface area contributed by atoms with E-state index in [9.17, 15) is 55.4 Å². The van der Waals surface area contributed by atoms with Gasteiger partial charge in [-0.05, 0) is 43.0 Å². The first-order chi connectivity index (χ1) is 21.0. The summed E-state index contributed by atoms with van der Waals surface area (Å²) >= 11 is 3.50. The SMILES string of the molecule is CN[C@H](C(=O)N[C@H](C(=O)N(C)[C@H](/C=C(\C)C(=O)O)C(C)C)C(C)(C)C)C(C)(C)c1cccc(Br)c1.O=C(C(=O)C(F)(F)F)C(F)(F)F. The Hall–Kier alpha value is -3.27. The number of aliphatic carboxylic acids is 1. The third kappa shape index (κ3) is 12.7. The van der Waals surface area contributed by atoms with Gasteiger partial charge in [0.1, 0.15) is 6.04 Å². The average Bonchev–Trinajstić information content (AvgIpc) is 2.91. The van der Waals surface area contributed by atoms with E-state index in [-0.39, 0.29) is 23.3 Å². The molecule has 0 spiro atoms. The van der Waals surface area contributed by atoms with Gasteiger partial charge in [0.25, 0.3) is 0 Å². The Morgan fingerprint density at radius 1 is 0.894 bits per heavy atom. The zero-order chi connectivity index (χ0) is 37.5. The molecule has 2 amide bonds. The zero-order valence-electron chi connectivity index (χ0n) is 27.8. The second-order valence-corrected chi connectivity index (χ2v) is 13.7. The minimum absolute atomic E-state index is 0.0184. The number of nitrogens with one attached hydrogen (secondary N) is 2. The van der Waals surface area contributed by atoms with Gasteiger partial charge in [0, 0.05) is 22.5 Å². The molecule has 16 heteroatoms. The van der Waals surface area contributed by atoms with Crippen LogP contribution in [0.15, 0.2) is 40.4 Å². The van der Waals surface area contributed by atoms with E-state index in [4.69, 9.17) is 0 Å². The molecular formula is C31H42BrF6N3O6. The monoisotopic (exact) mass is 745 g/mol. The lowest BCUT2D eigenvalue weighted by molar-refractivity contribution is -0.193. The summed E-state index contributed by atoms with van der Waals surface area (Å²) < 4.78 is 67.9. The number of hydrogen-bond donors (Lipinski definition) is 3. The molecule has 1 rings (SSSR count). The Bertz CT molecular complexity index is 1310. The zero-order valence-corrected chi connectivity index (χ0v) is 29.4. The minimum Gasteiger partial charge on any atom is -0.478 e. The van der Waals surface area contributed by atoms with E-state index >= 15 is 0 Å². The van der Waals surface area contributed by atoms with Crippen molar-refractivity contribution in [2.75, 3.05) is 14.1 Å². The lowest BCUT2D eigenvalue weighted by Gasteiger charge is -2.40. The highest BCUT2D eigenvalue weighted by Crippen LogP contribution is 2.31. The predicted octanol–water partition coefficient (Wildman–Crippen LogP) is 5.61. The number of halogens is 7. The molecule has 9 nitrogen and oxygen atoms in total. The molecule has 0 saturated heterocycles. The number of carbonyl (C=O) groups excluding carboxylic acids is 4. The van der Waals surface area contributed by atoms with Crippen LogP contribution in [-0.2, 0) is 29.4 Å². The van der Waals surface area contributed by atoms with Crippen LogP contribution in [0.2, 0.25) is 0 Å². The summed E-state index contributed by atoms with van der Waals surface area (Å²) in [6.07, 6.45) is -9.95. The number of amides is 2. The Morgan fingerprint density at radius 3 is 1.70 bits per heavy atom. The number of carboxylic acids is 1. The van der Waals surface area contributed by atoms with Crippen molar-refractivity contribution in [2.45, 2.75) is 91.3 Å². The fourth-order valence-electron chi connectivity index (χ4n) is 4.44. The summed E-state index contributed by atoms with van der Waals surface area (Å²) in [7, 11) is 3.39. The third-order valence-electron chi connectivity index (χ3n) is 7.20. The number of carboxylic acid groups (broad SMARTS) is 1. The van der Waals surface area contributed by atoms with E-state index in [0.717, 1.165) is 10.0 Å². The number of carbonyl (C=O) groups is 5. The Balaban J connectivity index is 0.00000149. The first kappa shape index (κ1) is 43.7. The van der Waals surface area contributed by atoms with Gasteiger partial charge in [0.15, 0.2) is 0 Å². The maximum atomic E-state index is 13.7. The van der Waals surface area contributed by atoms with Gasteiger partial charge in [-0.2, -0.15) is 26.3 Å². The van der Waals surface area contributed by atoms with Gasteiger partial charge in [0.05, 0.1) is 12.1 Å². The molecule has 0 aliphatic carbocycles. The summed E-state index contributed by atoms with van der Waals surface area (Å²) in [5, 5.41) is 15.5. The van der Waals surface area contributed by atoms with Crippen LogP contribution in [0.5, 0.6) is 0 Å². The Morgan fingerprint density at radius 2 is 1.36 bits per heavy atom. The summed E-state index contributed by atoms with van der Waals surface area (Å²) in [6, 6.07) is 5.99. The number of hydrogen-bond acceptors (Lipinski definition) is 6. The highest BCUT2D eigenvalue weighted by atomic mass is 79.9. The molecule has 0 heterocycles. The number of nitrogens with zero attached hydrogens (tertiary/aromatic N) is 1. The van der Waals surface area contributed by atoms with Crippen molar-refractivity contribution in [1.82, 2.24) is 15.5 Å². The lowest BCUT2D eigenvalue weighted by Crippen LogP contribution is -2.61. The van der Waals surface area contributed by atoms with Gasteiger partial charge in [-0.3, -0.25) is 19.2 Å². The Kier molecular flexibility index (Phi) is 15.5. The molecule has 47 heavy (non-hydrogen) atoms. The van der Waals surface area contributed by atoms with Crippen molar-refractivity contribution in [2.24, 2.45) is 11.3 Å². The topological polar surface area (TPSA) is 133 Å². The molecule has 1 aromatic rings. The summed E-state index contributed by atoms with van der Waals surface area (Å²) in [6.45, 7) is 15.1. The first-order valence-corrected chi connectivity index (χ1v) is 15.0. The number of Topliss-reactive ketones (excluding diaryl/α,β-unsaturated/α-hetero) is 2.